The van der Waals surface area contributed by atoms with Crippen molar-refractivity contribution in [1.82, 2.24) is 15.0 Å². The molecule has 0 N–H and O–H groups in total. The standard InChI is InChI=1S/C8H4ClFN3.3C4H9.Sn/c9-6-3-7(10)5-8(4-6)13-2-1-11-12-13;3*1-3-4-2;/h2-5H;3*1,3-4H2,2H3;. The van der Waals surface area contributed by atoms with Crippen molar-refractivity contribution >= 4 is 33.7 Å². The van der Waals surface area contributed by atoms with E-state index in [9.17, 15) is 4.39 Å². The first-order valence-corrected chi connectivity index (χ1v) is 17.8. The quantitative estimate of drug-likeness (QED) is 0.359. The minimum absolute atomic E-state index is 0.345. The Morgan fingerprint density at radius 1 is 0.962 bits per heavy atom. The van der Waals surface area contributed by atoms with Gasteiger partial charge in [0.15, 0.2) is 0 Å². The molecule has 2 rings (SSSR count). The molecule has 0 saturated heterocycles. The topological polar surface area (TPSA) is 30.7 Å². The van der Waals surface area contributed by atoms with Gasteiger partial charge in [-0.3, -0.25) is 0 Å². The van der Waals surface area contributed by atoms with Crippen LogP contribution in [0.25, 0.3) is 5.69 Å². The van der Waals surface area contributed by atoms with Gasteiger partial charge in [-0.25, -0.2) is 0 Å². The maximum atomic E-state index is 13.7. The summed E-state index contributed by atoms with van der Waals surface area (Å²) in [7, 11) is 0. The van der Waals surface area contributed by atoms with Crippen LogP contribution in [0, 0.1) is 5.82 Å². The fourth-order valence-corrected chi connectivity index (χ4v) is 18.8. The third kappa shape index (κ3) is 5.69. The Kier molecular flexibility index (Phi) is 8.88. The fraction of sp³-hybridized carbons (Fsp3) is 0.600. The van der Waals surface area contributed by atoms with Crippen molar-refractivity contribution in [2.75, 3.05) is 0 Å². The Labute approximate surface area is 166 Å². The molecule has 3 nitrogen and oxygen atoms in total. The molecular formula is C20H31ClFN3Sn. The van der Waals surface area contributed by atoms with Gasteiger partial charge in [0.05, 0.1) is 0 Å². The van der Waals surface area contributed by atoms with Gasteiger partial charge < -0.3 is 0 Å². The third-order valence-electron chi connectivity index (χ3n) is 5.18. The third-order valence-corrected chi connectivity index (χ3v) is 20.4. The minimum atomic E-state index is -2.60. The van der Waals surface area contributed by atoms with Crippen molar-refractivity contribution in [2.24, 2.45) is 0 Å². The van der Waals surface area contributed by atoms with Gasteiger partial charge >= 0.3 is 167 Å². The van der Waals surface area contributed by atoms with Crippen LogP contribution in [0.3, 0.4) is 0 Å². The molecule has 0 radical (unpaired) electrons. The van der Waals surface area contributed by atoms with Gasteiger partial charge in [0.25, 0.3) is 0 Å². The molecule has 26 heavy (non-hydrogen) atoms. The summed E-state index contributed by atoms with van der Waals surface area (Å²) in [4.78, 5) is 0. The van der Waals surface area contributed by atoms with Crippen molar-refractivity contribution in [2.45, 2.75) is 72.6 Å². The molecule has 0 aliphatic heterocycles. The fourth-order valence-electron chi connectivity index (χ4n) is 3.61. The van der Waals surface area contributed by atoms with E-state index >= 15 is 0 Å². The Bertz CT molecular complexity index is 647. The normalized spacial score (nSPS) is 11.9. The number of benzene rings is 1. The van der Waals surface area contributed by atoms with Crippen molar-refractivity contribution in [3.63, 3.8) is 0 Å². The number of halogens is 2. The van der Waals surface area contributed by atoms with Gasteiger partial charge in [0, 0.05) is 0 Å². The molecule has 0 aliphatic rings. The SMILES string of the molecule is CCC[CH2][Sn]([CH2]CCC)([CH2]CCC)[c]1cn(-c2cc(F)cc(Cl)c2)nn1. The Balaban J connectivity index is 2.38. The molecule has 1 aromatic heterocycles. The summed E-state index contributed by atoms with van der Waals surface area (Å²) >= 11 is 3.42. The van der Waals surface area contributed by atoms with Gasteiger partial charge in [-0.2, -0.15) is 0 Å². The second-order valence-electron chi connectivity index (χ2n) is 7.27. The zero-order valence-corrected chi connectivity index (χ0v) is 19.9. The van der Waals surface area contributed by atoms with E-state index in [0.29, 0.717) is 10.7 Å². The van der Waals surface area contributed by atoms with Crippen LogP contribution in [0.5, 0.6) is 0 Å². The first-order valence-electron chi connectivity index (χ1n) is 9.94. The molecule has 2 aromatic rings. The van der Waals surface area contributed by atoms with E-state index in [4.69, 9.17) is 11.6 Å². The zero-order valence-electron chi connectivity index (χ0n) is 16.3. The molecule has 0 unspecified atom stereocenters. The van der Waals surface area contributed by atoms with Crippen LogP contribution in [0.15, 0.2) is 24.4 Å². The average molecular weight is 487 g/mol. The monoisotopic (exact) mass is 487 g/mol. The van der Waals surface area contributed by atoms with E-state index in [1.807, 2.05) is 0 Å². The Morgan fingerprint density at radius 2 is 1.54 bits per heavy atom. The van der Waals surface area contributed by atoms with Gasteiger partial charge in [-0.05, 0) is 0 Å². The second-order valence-corrected chi connectivity index (χ2v) is 20.8. The van der Waals surface area contributed by atoms with Gasteiger partial charge in [0.1, 0.15) is 0 Å². The van der Waals surface area contributed by atoms with E-state index in [2.05, 4.69) is 37.3 Å². The predicted octanol–water partition coefficient (Wildman–Crippen LogP) is 6.12. The van der Waals surface area contributed by atoms with Crippen LogP contribution in [0.2, 0.25) is 18.3 Å². The molecule has 0 amide bonds. The molecule has 0 saturated carbocycles. The summed E-state index contributed by atoms with van der Waals surface area (Å²) < 4.78 is 20.7. The number of hydrogen-bond donors (Lipinski definition) is 0. The summed E-state index contributed by atoms with van der Waals surface area (Å²) in [6.45, 7) is 6.80. The summed E-state index contributed by atoms with van der Waals surface area (Å²) in [5.74, 6) is -0.345. The van der Waals surface area contributed by atoms with Crippen LogP contribution in [-0.4, -0.2) is 33.4 Å². The molecule has 0 aliphatic carbocycles. The van der Waals surface area contributed by atoms with Crippen molar-refractivity contribution in [3.8, 4) is 5.69 Å². The molecule has 1 heterocycles. The van der Waals surface area contributed by atoms with E-state index in [1.54, 1.807) is 10.7 Å². The average Bonchev–Trinajstić information content (AvgIpc) is 3.11. The Hall–Kier alpha value is -0.621. The number of nitrogens with zero attached hydrogens (tertiary/aromatic N) is 3. The second kappa shape index (κ2) is 10.6. The first kappa shape index (κ1) is 21.7. The van der Waals surface area contributed by atoms with Crippen molar-refractivity contribution in [1.29, 1.82) is 0 Å². The van der Waals surface area contributed by atoms with Crippen LogP contribution in [0.4, 0.5) is 4.39 Å². The van der Waals surface area contributed by atoms with Crippen molar-refractivity contribution in [3.05, 3.63) is 35.2 Å². The molecule has 0 fully saturated rings. The van der Waals surface area contributed by atoms with Crippen LogP contribution >= 0.6 is 11.6 Å². The zero-order chi connectivity index (χ0) is 19.0. The predicted molar refractivity (Wildman–Crippen MR) is 111 cm³/mol. The molecular weight excluding hydrogens is 455 g/mol. The van der Waals surface area contributed by atoms with Gasteiger partial charge in [-0.1, -0.05) is 0 Å². The van der Waals surface area contributed by atoms with Crippen LogP contribution in [-0.2, 0) is 0 Å². The van der Waals surface area contributed by atoms with Gasteiger partial charge in [0.2, 0.25) is 0 Å². The summed E-state index contributed by atoms with van der Waals surface area (Å²) in [5, 5.41) is 9.36. The number of rotatable bonds is 11. The maximum absolute atomic E-state index is 13.7. The number of aromatic nitrogens is 3. The number of hydrogen-bond acceptors (Lipinski definition) is 2. The number of unbranched alkanes of at least 4 members (excludes halogenated alkanes) is 3. The molecule has 6 heteroatoms. The van der Waals surface area contributed by atoms with E-state index in [-0.39, 0.29) is 5.82 Å². The Morgan fingerprint density at radius 3 is 2.04 bits per heavy atom. The summed E-state index contributed by atoms with van der Waals surface area (Å²) in [6, 6.07) is 4.52. The van der Waals surface area contributed by atoms with Crippen molar-refractivity contribution < 1.29 is 4.39 Å². The molecule has 0 spiro atoms. The first-order chi connectivity index (χ1) is 12.5. The molecule has 0 atom stereocenters. The van der Waals surface area contributed by atoms with Crippen LogP contribution < -0.4 is 3.71 Å². The molecule has 144 valence electrons. The molecule has 1 aromatic carbocycles. The van der Waals surface area contributed by atoms with Crippen LogP contribution in [0.1, 0.15) is 59.3 Å². The van der Waals surface area contributed by atoms with E-state index < -0.39 is 18.4 Å². The summed E-state index contributed by atoms with van der Waals surface area (Å²) in [5.41, 5.74) is 0.649. The van der Waals surface area contributed by atoms with E-state index in [0.717, 1.165) is 0 Å². The van der Waals surface area contributed by atoms with E-state index in [1.165, 1.54) is 67.7 Å². The summed E-state index contributed by atoms with van der Waals surface area (Å²) in [6.07, 6.45) is 9.59. The molecule has 0 bridgehead atoms. The van der Waals surface area contributed by atoms with Gasteiger partial charge in [-0.15, -0.1) is 0 Å².